The average Bonchev–Trinajstić information content (AvgIpc) is 2.97. The number of hydrogen-bond acceptors (Lipinski definition) is 2. The van der Waals surface area contributed by atoms with Crippen molar-refractivity contribution < 1.29 is 14.0 Å². The van der Waals surface area contributed by atoms with Crippen molar-refractivity contribution in [3.8, 4) is 0 Å². The Balaban J connectivity index is 1.22. The summed E-state index contributed by atoms with van der Waals surface area (Å²) in [6.45, 7) is 1.10. The topological polar surface area (TPSA) is 26.3 Å². The van der Waals surface area contributed by atoms with Crippen molar-refractivity contribution >= 4 is 5.97 Å². The molecule has 2 aliphatic heterocycles. The smallest absolute Gasteiger partial charge is 0.338 e. The van der Waals surface area contributed by atoms with E-state index in [1.165, 1.54) is 50.5 Å². The van der Waals surface area contributed by atoms with Gasteiger partial charge in [0.25, 0.3) is 0 Å². The molecule has 1 aliphatic carbocycles. The van der Waals surface area contributed by atoms with Crippen LogP contribution in [0.4, 0.5) is 0 Å². The minimum atomic E-state index is -0.167. The van der Waals surface area contributed by atoms with Gasteiger partial charge in [0, 0.05) is 31.2 Å². The van der Waals surface area contributed by atoms with Gasteiger partial charge >= 0.3 is 5.97 Å². The Morgan fingerprint density at radius 2 is 1.52 bits per heavy atom. The number of benzene rings is 2. The lowest BCUT2D eigenvalue weighted by Crippen LogP contribution is -2.58. The Morgan fingerprint density at radius 3 is 2.16 bits per heavy atom. The Morgan fingerprint density at radius 1 is 0.871 bits per heavy atom. The average molecular weight is 419 g/mol. The number of ether oxygens (including phenoxy) is 1. The molecule has 0 aromatic heterocycles. The van der Waals surface area contributed by atoms with Crippen LogP contribution < -0.4 is 0 Å². The molecular weight excluding hydrogens is 382 g/mol. The molecule has 2 aromatic carbocycles. The Labute approximate surface area is 187 Å². The lowest BCUT2D eigenvalue weighted by molar-refractivity contribution is -0.961. The summed E-state index contributed by atoms with van der Waals surface area (Å²) in [5.74, 6) is 0.609. The molecular formula is C28H36NO2+. The number of rotatable bonds is 5. The quantitative estimate of drug-likeness (QED) is 0.425. The van der Waals surface area contributed by atoms with E-state index in [2.05, 4.69) is 31.3 Å². The maximum atomic E-state index is 12.5. The molecule has 31 heavy (non-hydrogen) atoms. The minimum Gasteiger partial charge on any atom is -0.458 e. The molecule has 3 nitrogen and oxygen atoms in total. The molecule has 1 saturated carbocycles. The highest BCUT2D eigenvalue weighted by molar-refractivity contribution is 5.89. The van der Waals surface area contributed by atoms with Gasteiger partial charge in [-0.1, -0.05) is 61.7 Å². The highest BCUT2D eigenvalue weighted by Gasteiger charge is 2.52. The zero-order valence-electron chi connectivity index (χ0n) is 18.8. The van der Waals surface area contributed by atoms with E-state index >= 15 is 0 Å². The largest absolute Gasteiger partial charge is 0.458 e. The van der Waals surface area contributed by atoms with Crippen LogP contribution in [-0.2, 0) is 11.3 Å². The standard InChI is InChI=1S/C28H36NO2/c1-29(20-21-12-14-23(15-13-21)22-8-4-2-5-9-22)25-16-17-26(29)19-27(18-25)31-28(30)24-10-6-3-7-11-24/h3,6-7,10-15,22,25-27H,2,4-5,8-9,16-20H2,1H3/q+1. The van der Waals surface area contributed by atoms with Gasteiger partial charge in [0.2, 0.25) is 0 Å². The third-order valence-electron chi connectivity index (χ3n) is 8.43. The molecule has 0 N–H and O–H groups in total. The highest BCUT2D eigenvalue weighted by Crippen LogP contribution is 2.44. The van der Waals surface area contributed by atoms with Gasteiger partial charge < -0.3 is 9.22 Å². The van der Waals surface area contributed by atoms with Crippen LogP contribution in [0.5, 0.6) is 0 Å². The predicted octanol–water partition coefficient (Wildman–Crippen LogP) is 6.23. The molecule has 3 heteroatoms. The van der Waals surface area contributed by atoms with Gasteiger partial charge in [-0.3, -0.25) is 0 Å². The third kappa shape index (κ3) is 4.30. The van der Waals surface area contributed by atoms with Crippen molar-refractivity contribution in [2.75, 3.05) is 7.05 Å². The Hall–Kier alpha value is -2.13. The van der Waals surface area contributed by atoms with Crippen LogP contribution >= 0.6 is 0 Å². The Bertz CT molecular complexity index is 871. The van der Waals surface area contributed by atoms with E-state index in [0.717, 1.165) is 29.8 Å². The zero-order valence-corrected chi connectivity index (χ0v) is 18.8. The van der Waals surface area contributed by atoms with Crippen molar-refractivity contribution in [1.82, 2.24) is 0 Å². The molecule has 0 radical (unpaired) electrons. The van der Waals surface area contributed by atoms with Crippen LogP contribution in [0.1, 0.15) is 85.2 Å². The maximum absolute atomic E-state index is 12.5. The van der Waals surface area contributed by atoms with Gasteiger partial charge in [0.15, 0.2) is 0 Å². The summed E-state index contributed by atoms with van der Waals surface area (Å²) in [5, 5.41) is 0. The molecule has 2 aromatic rings. The summed E-state index contributed by atoms with van der Waals surface area (Å²) < 4.78 is 7.05. The second kappa shape index (κ2) is 8.78. The van der Waals surface area contributed by atoms with Crippen LogP contribution in [-0.4, -0.2) is 35.7 Å². The number of carbonyl (C=O) groups is 1. The SMILES string of the molecule is C[N+]1(Cc2ccc(C3CCCCC3)cc2)C2CCC1CC(OC(=O)c1ccccc1)C2. The fourth-order valence-corrected chi connectivity index (χ4v) is 6.57. The first-order valence-electron chi connectivity index (χ1n) is 12.3. The summed E-state index contributed by atoms with van der Waals surface area (Å²) >= 11 is 0. The van der Waals surface area contributed by atoms with E-state index in [9.17, 15) is 4.79 Å². The number of carbonyl (C=O) groups excluding carboxylic acids is 1. The van der Waals surface area contributed by atoms with Crippen LogP contribution in [0.25, 0.3) is 0 Å². The number of nitrogens with zero attached hydrogens (tertiary/aromatic N) is 1. The van der Waals surface area contributed by atoms with E-state index in [-0.39, 0.29) is 12.1 Å². The molecule has 164 valence electrons. The number of fused-ring (bicyclic) bond motifs is 2. The van der Waals surface area contributed by atoms with Crippen molar-refractivity contribution in [2.45, 2.75) is 88.4 Å². The van der Waals surface area contributed by atoms with E-state index in [1.807, 2.05) is 30.3 Å². The van der Waals surface area contributed by atoms with E-state index in [4.69, 9.17) is 4.74 Å². The van der Waals surface area contributed by atoms with Crippen LogP contribution in [0.2, 0.25) is 0 Å². The number of quaternary nitrogens is 1. The molecule has 3 fully saturated rings. The summed E-state index contributed by atoms with van der Waals surface area (Å²) in [5.41, 5.74) is 3.66. The molecule has 5 rings (SSSR count). The van der Waals surface area contributed by atoms with E-state index in [1.54, 1.807) is 5.56 Å². The normalized spacial score (nSPS) is 30.8. The number of piperidine rings is 1. The fourth-order valence-electron chi connectivity index (χ4n) is 6.57. The van der Waals surface area contributed by atoms with E-state index in [0.29, 0.717) is 17.6 Å². The van der Waals surface area contributed by atoms with Crippen molar-refractivity contribution in [3.63, 3.8) is 0 Å². The minimum absolute atomic E-state index is 0.0603. The lowest BCUT2D eigenvalue weighted by Gasteiger charge is -2.47. The molecule has 2 heterocycles. The maximum Gasteiger partial charge on any atom is 0.338 e. The van der Waals surface area contributed by atoms with Crippen molar-refractivity contribution in [2.24, 2.45) is 0 Å². The number of hydrogen-bond donors (Lipinski definition) is 0. The molecule has 3 aliphatic rings. The van der Waals surface area contributed by atoms with Crippen molar-refractivity contribution in [1.29, 1.82) is 0 Å². The first-order valence-corrected chi connectivity index (χ1v) is 12.3. The Kier molecular flexibility index (Phi) is 5.88. The van der Waals surface area contributed by atoms with Crippen LogP contribution in [0.3, 0.4) is 0 Å². The lowest BCUT2D eigenvalue weighted by atomic mass is 9.84. The number of esters is 1. The van der Waals surface area contributed by atoms with E-state index < -0.39 is 0 Å². The highest BCUT2D eigenvalue weighted by atomic mass is 16.5. The van der Waals surface area contributed by atoms with Gasteiger partial charge in [0.05, 0.1) is 24.7 Å². The molecule has 0 amide bonds. The first-order chi connectivity index (χ1) is 15.1. The van der Waals surface area contributed by atoms with Gasteiger partial charge in [-0.15, -0.1) is 0 Å². The van der Waals surface area contributed by atoms with Gasteiger partial charge in [-0.2, -0.15) is 0 Å². The van der Waals surface area contributed by atoms with Crippen LogP contribution in [0.15, 0.2) is 54.6 Å². The van der Waals surface area contributed by atoms with Crippen LogP contribution in [0, 0.1) is 0 Å². The van der Waals surface area contributed by atoms with Gasteiger partial charge in [-0.05, 0) is 36.5 Å². The monoisotopic (exact) mass is 418 g/mol. The summed E-state index contributed by atoms with van der Waals surface area (Å²) in [6.07, 6.45) is 11.5. The van der Waals surface area contributed by atoms with Crippen molar-refractivity contribution in [3.05, 3.63) is 71.3 Å². The molecule has 2 saturated heterocycles. The van der Waals surface area contributed by atoms with Gasteiger partial charge in [-0.25, -0.2) is 4.79 Å². The third-order valence-corrected chi connectivity index (χ3v) is 8.43. The fraction of sp³-hybridized carbons (Fsp3) is 0.536. The predicted molar refractivity (Wildman–Crippen MR) is 124 cm³/mol. The second-order valence-corrected chi connectivity index (χ2v) is 10.3. The first kappa shape index (κ1) is 20.8. The summed E-state index contributed by atoms with van der Waals surface area (Å²) in [6, 6.07) is 20.2. The second-order valence-electron chi connectivity index (χ2n) is 10.3. The zero-order chi connectivity index (χ0) is 21.3. The summed E-state index contributed by atoms with van der Waals surface area (Å²) in [4.78, 5) is 12.5. The summed E-state index contributed by atoms with van der Waals surface area (Å²) in [7, 11) is 2.44. The molecule has 0 spiro atoms. The molecule has 2 bridgehead atoms. The molecule has 2 atom stereocenters. The van der Waals surface area contributed by atoms with Gasteiger partial charge in [0.1, 0.15) is 12.6 Å². The molecule has 2 unspecified atom stereocenters.